The lowest BCUT2D eigenvalue weighted by atomic mass is 9.87. The van der Waals surface area contributed by atoms with Crippen molar-refractivity contribution in [3.05, 3.63) is 127 Å². The van der Waals surface area contributed by atoms with Gasteiger partial charge < -0.3 is 0 Å². The molecule has 1 heterocycles. The highest BCUT2D eigenvalue weighted by Gasteiger charge is 2.13. The van der Waals surface area contributed by atoms with Crippen LogP contribution in [0.5, 0.6) is 0 Å². The summed E-state index contributed by atoms with van der Waals surface area (Å²) >= 11 is 0. The van der Waals surface area contributed by atoms with Crippen molar-refractivity contribution in [3.63, 3.8) is 0 Å². The average Bonchev–Trinajstić information content (AvgIpc) is 2.93. The number of aryl methyl sites for hydroxylation is 1. The smallest absolute Gasteiger partial charge is 0.0708 e. The van der Waals surface area contributed by atoms with Crippen molar-refractivity contribution in [3.8, 4) is 33.5 Å². The molecule has 0 unspecified atom stereocenters. The predicted molar refractivity (Wildman–Crippen MR) is 163 cm³/mol. The van der Waals surface area contributed by atoms with E-state index in [9.17, 15) is 0 Å². The third-order valence-electron chi connectivity index (χ3n) is 7.36. The third kappa shape index (κ3) is 4.73. The molecule has 0 amide bonds. The van der Waals surface area contributed by atoms with Crippen molar-refractivity contribution in [1.82, 2.24) is 4.98 Å². The van der Waals surface area contributed by atoms with Crippen LogP contribution in [0.3, 0.4) is 0 Å². The van der Waals surface area contributed by atoms with Crippen LogP contribution in [0.25, 0.3) is 55.1 Å². The van der Waals surface area contributed by atoms with Crippen LogP contribution in [0, 0.1) is 12.3 Å². The number of nitrogens with zero attached hydrogens (tertiary/aromatic N) is 1. The quantitative estimate of drug-likeness (QED) is 0.224. The molecule has 1 heteroatoms. The van der Waals surface area contributed by atoms with Gasteiger partial charge in [-0.3, -0.25) is 4.98 Å². The highest BCUT2D eigenvalue weighted by Crippen LogP contribution is 2.36. The molecule has 0 atom stereocenters. The molecular formula is C37H33N. The molecule has 0 radical (unpaired) electrons. The SMILES string of the molecule is Cc1cnc(-c2ccc(-c3cc4ccccc4c4ccccc34)cc2)cc1-c1ccc(CC(C)(C)C)cc1. The van der Waals surface area contributed by atoms with Crippen LogP contribution in [0.1, 0.15) is 31.9 Å². The first-order valence-electron chi connectivity index (χ1n) is 13.4. The third-order valence-corrected chi connectivity index (χ3v) is 7.36. The molecule has 6 aromatic rings. The maximum atomic E-state index is 4.79. The molecule has 0 aliphatic heterocycles. The summed E-state index contributed by atoms with van der Waals surface area (Å²) in [5, 5.41) is 5.14. The van der Waals surface area contributed by atoms with Crippen LogP contribution in [-0.4, -0.2) is 4.98 Å². The standard InChI is InChI=1S/C37H33N/c1-25-24-38-36(22-34(25)27-15-13-26(14-16-27)23-37(2,3)4)29-19-17-28(18-20-29)35-21-30-9-5-6-10-31(30)32-11-7-8-12-33(32)35/h5-22,24H,23H2,1-4H3. The van der Waals surface area contributed by atoms with E-state index in [0.717, 1.165) is 17.7 Å². The normalized spacial score (nSPS) is 11.8. The Kier molecular flexibility index (Phi) is 6.08. The fraction of sp³-hybridized carbons (Fsp3) is 0.162. The summed E-state index contributed by atoms with van der Waals surface area (Å²) in [6, 6.07) is 39.8. The van der Waals surface area contributed by atoms with E-state index in [1.165, 1.54) is 54.9 Å². The Morgan fingerprint density at radius 3 is 1.87 bits per heavy atom. The second-order valence-corrected chi connectivity index (χ2v) is 11.6. The summed E-state index contributed by atoms with van der Waals surface area (Å²) in [6.07, 6.45) is 3.07. The van der Waals surface area contributed by atoms with E-state index in [-0.39, 0.29) is 5.41 Å². The molecular weight excluding hydrogens is 458 g/mol. The molecule has 0 saturated heterocycles. The van der Waals surface area contributed by atoms with Crippen LogP contribution >= 0.6 is 0 Å². The van der Waals surface area contributed by atoms with Crippen molar-refractivity contribution in [2.75, 3.05) is 0 Å². The maximum Gasteiger partial charge on any atom is 0.0708 e. The second-order valence-electron chi connectivity index (χ2n) is 11.6. The van der Waals surface area contributed by atoms with Gasteiger partial charge >= 0.3 is 0 Å². The van der Waals surface area contributed by atoms with Gasteiger partial charge in [0.15, 0.2) is 0 Å². The summed E-state index contributed by atoms with van der Waals surface area (Å²) in [5.74, 6) is 0. The lowest BCUT2D eigenvalue weighted by Gasteiger charge is -2.18. The molecule has 1 nitrogen and oxygen atoms in total. The lowest BCUT2D eigenvalue weighted by molar-refractivity contribution is 0.411. The van der Waals surface area contributed by atoms with E-state index in [0.29, 0.717) is 0 Å². The highest BCUT2D eigenvalue weighted by molar-refractivity contribution is 6.13. The number of benzene rings is 5. The van der Waals surface area contributed by atoms with Crippen molar-refractivity contribution >= 4 is 21.5 Å². The Labute approximate surface area is 225 Å². The fourth-order valence-electron chi connectivity index (χ4n) is 5.52. The molecule has 0 fully saturated rings. The summed E-state index contributed by atoms with van der Waals surface area (Å²) in [7, 11) is 0. The van der Waals surface area contributed by atoms with Gasteiger partial charge in [0, 0.05) is 11.8 Å². The van der Waals surface area contributed by atoms with Gasteiger partial charge in [0.1, 0.15) is 0 Å². The van der Waals surface area contributed by atoms with Crippen LogP contribution in [0.15, 0.2) is 115 Å². The van der Waals surface area contributed by atoms with E-state index in [1.54, 1.807) is 0 Å². The monoisotopic (exact) mass is 491 g/mol. The van der Waals surface area contributed by atoms with E-state index in [4.69, 9.17) is 4.98 Å². The van der Waals surface area contributed by atoms with Gasteiger partial charge in [0.05, 0.1) is 5.69 Å². The van der Waals surface area contributed by atoms with Gasteiger partial charge in [-0.1, -0.05) is 118 Å². The van der Waals surface area contributed by atoms with E-state index in [1.807, 2.05) is 6.20 Å². The average molecular weight is 492 g/mol. The molecule has 0 bridgehead atoms. The molecule has 38 heavy (non-hydrogen) atoms. The zero-order chi connectivity index (χ0) is 26.3. The van der Waals surface area contributed by atoms with E-state index < -0.39 is 0 Å². The molecule has 186 valence electrons. The molecule has 0 spiro atoms. The van der Waals surface area contributed by atoms with Gasteiger partial charge in [0.2, 0.25) is 0 Å². The zero-order valence-electron chi connectivity index (χ0n) is 22.6. The topological polar surface area (TPSA) is 12.9 Å². The Morgan fingerprint density at radius 1 is 0.579 bits per heavy atom. The number of fused-ring (bicyclic) bond motifs is 3. The number of hydrogen-bond acceptors (Lipinski definition) is 1. The van der Waals surface area contributed by atoms with Crippen LogP contribution in [0.2, 0.25) is 0 Å². The predicted octanol–water partition coefficient (Wildman–Crippen LogP) is 10.3. The fourth-order valence-corrected chi connectivity index (χ4v) is 5.52. The summed E-state index contributed by atoms with van der Waals surface area (Å²) in [5.41, 5.74) is 9.94. The maximum absolute atomic E-state index is 4.79. The Bertz CT molecular complexity index is 1750. The summed E-state index contributed by atoms with van der Waals surface area (Å²) in [6.45, 7) is 9.00. The molecule has 0 aliphatic rings. The number of pyridine rings is 1. The number of hydrogen-bond donors (Lipinski definition) is 0. The van der Waals surface area contributed by atoms with Crippen molar-refractivity contribution in [2.24, 2.45) is 5.41 Å². The molecule has 1 aromatic heterocycles. The Balaban J connectivity index is 1.35. The van der Waals surface area contributed by atoms with Gasteiger partial charge in [-0.05, 0) is 85.8 Å². The lowest BCUT2D eigenvalue weighted by Crippen LogP contribution is -2.08. The first-order chi connectivity index (χ1) is 18.4. The van der Waals surface area contributed by atoms with Gasteiger partial charge in [0.25, 0.3) is 0 Å². The minimum Gasteiger partial charge on any atom is -0.256 e. The van der Waals surface area contributed by atoms with Crippen LogP contribution < -0.4 is 0 Å². The minimum absolute atomic E-state index is 0.284. The first-order valence-corrected chi connectivity index (χ1v) is 13.4. The van der Waals surface area contributed by atoms with E-state index >= 15 is 0 Å². The van der Waals surface area contributed by atoms with E-state index in [2.05, 4.69) is 137 Å². The molecule has 6 rings (SSSR count). The van der Waals surface area contributed by atoms with Crippen molar-refractivity contribution < 1.29 is 0 Å². The van der Waals surface area contributed by atoms with Crippen LogP contribution in [0.4, 0.5) is 0 Å². The molecule has 0 N–H and O–H groups in total. The molecule has 0 saturated carbocycles. The van der Waals surface area contributed by atoms with Gasteiger partial charge in [-0.25, -0.2) is 0 Å². The number of rotatable bonds is 4. The highest BCUT2D eigenvalue weighted by atomic mass is 14.7. The Hall–Kier alpha value is -4.23. The molecule has 5 aromatic carbocycles. The summed E-state index contributed by atoms with van der Waals surface area (Å²) in [4.78, 5) is 4.79. The summed E-state index contributed by atoms with van der Waals surface area (Å²) < 4.78 is 0. The first kappa shape index (κ1) is 24.1. The van der Waals surface area contributed by atoms with Crippen molar-refractivity contribution in [2.45, 2.75) is 34.1 Å². The van der Waals surface area contributed by atoms with Crippen molar-refractivity contribution in [1.29, 1.82) is 0 Å². The Morgan fingerprint density at radius 2 is 1.16 bits per heavy atom. The second kappa shape index (κ2) is 9.58. The zero-order valence-corrected chi connectivity index (χ0v) is 22.6. The van der Waals surface area contributed by atoms with Crippen LogP contribution in [-0.2, 0) is 6.42 Å². The largest absolute Gasteiger partial charge is 0.256 e. The van der Waals surface area contributed by atoms with Gasteiger partial charge in [-0.15, -0.1) is 0 Å². The molecule has 0 aliphatic carbocycles. The number of aromatic nitrogens is 1. The minimum atomic E-state index is 0.284. The van der Waals surface area contributed by atoms with Gasteiger partial charge in [-0.2, -0.15) is 0 Å².